The average molecular weight is 324 g/mol. The molecule has 0 aromatic heterocycles. The van der Waals surface area contributed by atoms with Gasteiger partial charge < -0.3 is 14.5 Å². The van der Waals surface area contributed by atoms with Gasteiger partial charge in [-0.25, -0.2) is 4.79 Å². The molecule has 0 bridgehead atoms. The normalized spacial score (nSPS) is 19.8. The third-order valence-corrected chi connectivity index (χ3v) is 3.33. The lowest BCUT2D eigenvalue weighted by atomic mass is 10.0. The van der Waals surface area contributed by atoms with E-state index in [1.54, 1.807) is 20.8 Å². The quantitative estimate of drug-likeness (QED) is 0.785. The molecule has 0 N–H and O–H groups in total. The number of carbonyl (C=O) groups excluding carboxylic acids is 2. The van der Waals surface area contributed by atoms with Gasteiger partial charge in [-0.1, -0.05) is 0 Å². The fourth-order valence-electron chi connectivity index (χ4n) is 2.37. The topological polar surface area (TPSA) is 49.9 Å². The number of ether oxygens (including phenoxy) is 1. The molecule has 0 aliphatic carbocycles. The number of likely N-dealkylation sites (tertiary alicyclic amines) is 1. The van der Waals surface area contributed by atoms with E-state index in [9.17, 15) is 22.8 Å². The van der Waals surface area contributed by atoms with Crippen molar-refractivity contribution in [2.24, 2.45) is 0 Å². The van der Waals surface area contributed by atoms with E-state index in [0.29, 0.717) is 17.9 Å². The first kappa shape index (κ1) is 18.6. The van der Waals surface area contributed by atoms with E-state index in [1.807, 2.05) is 0 Å². The van der Waals surface area contributed by atoms with Gasteiger partial charge in [0.05, 0.1) is 6.04 Å². The molecule has 128 valence electrons. The van der Waals surface area contributed by atoms with Crippen molar-refractivity contribution in [2.45, 2.75) is 57.9 Å². The first-order valence-corrected chi connectivity index (χ1v) is 7.24. The predicted molar refractivity (Wildman–Crippen MR) is 74.3 cm³/mol. The van der Waals surface area contributed by atoms with Gasteiger partial charge in [0.2, 0.25) is 0 Å². The van der Waals surface area contributed by atoms with Crippen LogP contribution >= 0.6 is 0 Å². The number of alkyl halides is 3. The van der Waals surface area contributed by atoms with E-state index >= 15 is 0 Å². The molecule has 1 rings (SSSR count). The van der Waals surface area contributed by atoms with Crippen LogP contribution in [0.5, 0.6) is 0 Å². The van der Waals surface area contributed by atoms with Crippen molar-refractivity contribution in [3.05, 3.63) is 0 Å². The number of hydrogen-bond acceptors (Lipinski definition) is 3. The second-order valence-electron chi connectivity index (χ2n) is 6.51. The van der Waals surface area contributed by atoms with E-state index in [-0.39, 0.29) is 6.54 Å². The van der Waals surface area contributed by atoms with E-state index in [4.69, 9.17) is 4.74 Å². The van der Waals surface area contributed by atoms with Gasteiger partial charge in [0, 0.05) is 20.1 Å². The molecule has 22 heavy (non-hydrogen) atoms. The molecular weight excluding hydrogens is 301 g/mol. The lowest BCUT2D eigenvalue weighted by molar-refractivity contribution is -0.184. The van der Waals surface area contributed by atoms with Crippen LogP contribution < -0.4 is 0 Å². The largest absolute Gasteiger partial charge is 0.471 e. The Morgan fingerprint density at radius 3 is 2.32 bits per heavy atom. The van der Waals surface area contributed by atoms with Crippen molar-refractivity contribution in [1.29, 1.82) is 0 Å². The monoisotopic (exact) mass is 324 g/mol. The van der Waals surface area contributed by atoms with Crippen molar-refractivity contribution in [2.75, 3.05) is 20.1 Å². The van der Waals surface area contributed by atoms with Crippen LogP contribution in [0.2, 0.25) is 0 Å². The third-order valence-electron chi connectivity index (χ3n) is 3.33. The summed E-state index contributed by atoms with van der Waals surface area (Å²) in [6.07, 6.45) is -3.33. The highest BCUT2D eigenvalue weighted by molar-refractivity contribution is 5.81. The minimum absolute atomic E-state index is 0.155. The second-order valence-corrected chi connectivity index (χ2v) is 6.51. The lowest BCUT2D eigenvalue weighted by Gasteiger charge is -2.38. The number of carbonyl (C=O) groups is 2. The molecule has 0 saturated carbocycles. The van der Waals surface area contributed by atoms with Gasteiger partial charge >= 0.3 is 18.2 Å². The first-order chi connectivity index (χ1) is 9.92. The lowest BCUT2D eigenvalue weighted by Crippen LogP contribution is -2.52. The van der Waals surface area contributed by atoms with Crippen molar-refractivity contribution >= 4 is 12.0 Å². The molecule has 1 saturated heterocycles. The van der Waals surface area contributed by atoms with Crippen LogP contribution in [0.3, 0.4) is 0 Å². The Morgan fingerprint density at radius 1 is 1.23 bits per heavy atom. The molecule has 1 aliphatic rings. The summed E-state index contributed by atoms with van der Waals surface area (Å²) in [7, 11) is 1.09. The highest BCUT2D eigenvalue weighted by atomic mass is 19.4. The number of piperidine rings is 1. The molecule has 0 radical (unpaired) electrons. The van der Waals surface area contributed by atoms with Crippen LogP contribution in [0.4, 0.5) is 18.0 Å². The maximum Gasteiger partial charge on any atom is 0.471 e. The maximum atomic E-state index is 12.4. The number of hydrogen-bond donors (Lipinski definition) is 0. The number of nitrogens with zero attached hydrogens (tertiary/aromatic N) is 2. The number of halogens is 3. The molecule has 0 aromatic carbocycles. The summed E-state index contributed by atoms with van der Waals surface area (Å²) in [5, 5.41) is 0. The van der Waals surface area contributed by atoms with Gasteiger partial charge in [-0.2, -0.15) is 13.2 Å². The Kier molecular flexibility index (Phi) is 5.70. The Hall–Kier alpha value is -1.47. The smallest absolute Gasteiger partial charge is 0.444 e. The summed E-state index contributed by atoms with van der Waals surface area (Å²) < 4.78 is 42.6. The van der Waals surface area contributed by atoms with E-state index < -0.39 is 29.8 Å². The van der Waals surface area contributed by atoms with Crippen LogP contribution in [-0.4, -0.2) is 59.8 Å². The summed E-state index contributed by atoms with van der Waals surface area (Å²) >= 11 is 0. The van der Waals surface area contributed by atoms with Crippen LogP contribution in [0.25, 0.3) is 0 Å². The minimum Gasteiger partial charge on any atom is -0.444 e. The number of likely N-dealkylation sites (N-methyl/N-ethyl adjacent to an activating group) is 1. The van der Waals surface area contributed by atoms with Crippen molar-refractivity contribution in [1.82, 2.24) is 9.80 Å². The van der Waals surface area contributed by atoms with Crippen LogP contribution in [0.15, 0.2) is 0 Å². The molecule has 0 aromatic rings. The van der Waals surface area contributed by atoms with Crippen LogP contribution in [0, 0.1) is 0 Å². The van der Waals surface area contributed by atoms with E-state index in [1.165, 1.54) is 4.90 Å². The Morgan fingerprint density at radius 2 is 1.82 bits per heavy atom. The number of rotatable bonds is 2. The molecule has 1 atom stereocenters. The zero-order valence-electron chi connectivity index (χ0n) is 13.4. The third kappa shape index (κ3) is 5.38. The molecule has 0 spiro atoms. The zero-order valence-corrected chi connectivity index (χ0v) is 13.4. The maximum absolute atomic E-state index is 12.4. The van der Waals surface area contributed by atoms with Crippen LogP contribution in [-0.2, 0) is 9.53 Å². The van der Waals surface area contributed by atoms with Gasteiger partial charge in [0.25, 0.3) is 0 Å². The molecule has 0 unspecified atom stereocenters. The molecule has 2 amide bonds. The van der Waals surface area contributed by atoms with Gasteiger partial charge in [-0.3, -0.25) is 4.79 Å². The highest BCUT2D eigenvalue weighted by Crippen LogP contribution is 2.23. The molecule has 1 heterocycles. The highest BCUT2D eigenvalue weighted by Gasteiger charge is 2.42. The summed E-state index contributed by atoms with van der Waals surface area (Å²) in [5.74, 6) is -1.90. The van der Waals surface area contributed by atoms with Crippen LogP contribution in [0.1, 0.15) is 40.0 Å². The fourth-order valence-corrected chi connectivity index (χ4v) is 2.37. The molecular formula is C14H23F3N2O3. The summed E-state index contributed by atoms with van der Waals surface area (Å²) in [5.41, 5.74) is -0.674. The van der Waals surface area contributed by atoms with E-state index in [2.05, 4.69) is 0 Å². The average Bonchev–Trinajstić information content (AvgIpc) is 2.35. The van der Waals surface area contributed by atoms with Gasteiger partial charge in [0.1, 0.15) is 5.60 Å². The second kappa shape index (κ2) is 6.75. The zero-order chi connectivity index (χ0) is 17.1. The number of amides is 2. The molecule has 8 heteroatoms. The molecule has 5 nitrogen and oxygen atoms in total. The Bertz CT molecular complexity index is 419. The standard InChI is InChI=1S/C14H23F3N2O3/c1-13(2,3)22-12(21)19-8-6-5-7-10(19)9-18(4)11(20)14(15,16)17/h10H,5-9H2,1-4H3/t10-/m1/s1. The van der Waals surface area contributed by atoms with Crippen molar-refractivity contribution < 1.29 is 27.5 Å². The van der Waals surface area contributed by atoms with E-state index in [0.717, 1.165) is 19.9 Å². The van der Waals surface area contributed by atoms with Gasteiger partial charge in [-0.15, -0.1) is 0 Å². The Labute approximate surface area is 128 Å². The summed E-state index contributed by atoms with van der Waals surface area (Å²) in [6, 6.07) is -0.458. The van der Waals surface area contributed by atoms with Gasteiger partial charge in [0.15, 0.2) is 0 Å². The fraction of sp³-hybridized carbons (Fsp3) is 0.857. The minimum atomic E-state index is -4.90. The van der Waals surface area contributed by atoms with Crippen molar-refractivity contribution in [3.8, 4) is 0 Å². The molecule has 1 aliphatic heterocycles. The Balaban J connectivity index is 2.73. The summed E-state index contributed by atoms with van der Waals surface area (Å²) in [4.78, 5) is 25.4. The SMILES string of the molecule is CN(C[C@H]1CCCCN1C(=O)OC(C)(C)C)C(=O)C(F)(F)F. The van der Waals surface area contributed by atoms with Crippen molar-refractivity contribution in [3.63, 3.8) is 0 Å². The predicted octanol–water partition coefficient (Wildman–Crippen LogP) is 2.80. The first-order valence-electron chi connectivity index (χ1n) is 7.24. The summed E-state index contributed by atoms with van der Waals surface area (Å²) in [6.45, 7) is 5.45. The molecule has 1 fully saturated rings. The van der Waals surface area contributed by atoms with Gasteiger partial charge in [-0.05, 0) is 40.0 Å².